The topological polar surface area (TPSA) is 32.8 Å². The van der Waals surface area contributed by atoms with Crippen molar-refractivity contribution >= 4 is 110 Å². The third-order valence-corrected chi connectivity index (χ3v) is 18.6. The maximum Gasteiger partial charge on any atom is 0.159 e. The summed E-state index contributed by atoms with van der Waals surface area (Å²) in [7, 11) is 0. The van der Waals surface area contributed by atoms with E-state index in [1.165, 1.54) is 88.0 Å². The Bertz CT molecular complexity index is 5240. The molecule has 1 spiro atoms. The Balaban J connectivity index is 0.918. The second-order valence-corrected chi connectivity index (χ2v) is 25.5. The van der Waals surface area contributed by atoms with Gasteiger partial charge in [-0.2, -0.15) is 0 Å². The third kappa shape index (κ3) is 7.03. The van der Waals surface area contributed by atoms with E-state index in [-0.39, 0.29) is 10.8 Å². The van der Waals surface area contributed by atoms with Crippen LogP contribution in [0.5, 0.6) is 0 Å². The predicted octanol–water partition coefficient (Wildman–Crippen LogP) is 22.8. The molecule has 2 heterocycles. The number of nitrogens with zero attached hydrogens (tertiary/aromatic N) is 2. The highest BCUT2D eigenvalue weighted by Crippen LogP contribution is 2.66. The lowest BCUT2D eigenvalue weighted by molar-refractivity contribution is 0.572. The first kappa shape index (κ1) is 49.4. The fourth-order valence-corrected chi connectivity index (χ4v) is 15.0. The van der Waals surface area contributed by atoms with Gasteiger partial charge in [0.15, 0.2) is 11.2 Å². The van der Waals surface area contributed by atoms with Gasteiger partial charge in [-0.3, -0.25) is 0 Å². The quantitative estimate of drug-likeness (QED) is 0.155. The SMILES string of the molecule is CC(C)(C)c1cccc2c1oc1c(N(c3ccccc3)c3ccc4cc5c(cc4c3)C3(c4ccccc4-c4ccccc43)c3c-5c4ccccc4c4cc(N(c5ccccc5)c5cccc6c5oc5c(C(C)(C)C)cccc56)ccc34)cccc12. The maximum atomic E-state index is 7.14. The zero-order valence-corrected chi connectivity index (χ0v) is 48.5. The van der Waals surface area contributed by atoms with E-state index in [0.29, 0.717) is 0 Å². The van der Waals surface area contributed by atoms with Gasteiger partial charge in [0.2, 0.25) is 0 Å². The summed E-state index contributed by atoms with van der Waals surface area (Å²) in [6, 6.07) is 94.7. The minimum absolute atomic E-state index is 0.0997. The van der Waals surface area contributed by atoms with Gasteiger partial charge in [0, 0.05) is 55.4 Å². The highest BCUT2D eigenvalue weighted by Gasteiger charge is 2.53. The smallest absolute Gasteiger partial charge is 0.159 e. The van der Waals surface area contributed by atoms with E-state index < -0.39 is 5.41 Å². The van der Waals surface area contributed by atoms with Gasteiger partial charge < -0.3 is 18.6 Å². The van der Waals surface area contributed by atoms with Gasteiger partial charge in [0.25, 0.3) is 0 Å². The van der Waals surface area contributed by atoms with Crippen LogP contribution in [-0.4, -0.2) is 0 Å². The van der Waals surface area contributed by atoms with Crippen LogP contribution in [0.4, 0.5) is 34.1 Å². The molecule has 0 unspecified atom stereocenters. The summed E-state index contributed by atoms with van der Waals surface area (Å²) in [5.41, 5.74) is 21.7. The average Bonchev–Trinajstić information content (AvgIpc) is 1.53. The lowest BCUT2D eigenvalue weighted by Crippen LogP contribution is -2.26. The van der Waals surface area contributed by atoms with Gasteiger partial charge in [-0.15, -0.1) is 0 Å². The van der Waals surface area contributed by atoms with Gasteiger partial charge in [0.1, 0.15) is 11.2 Å². The highest BCUT2D eigenvalue weighted by molar-refractivity contribution is 6.22. The second kappa shape index (κ2) is 17.9. The molecule has 0 fully saturated rings. The van der Waals surface area contributed by atoms with Gasteiger partial charge >= 0.3 is 0 Å². The number of rotatable bonds is 6. The van der Waals surface area contributed by atoms with E-state index in [2.05, 4.69) is 306 Å². The molecule has 406 valence electrons. The Labute approximate surface area is 494 Å². The zero-order chi connectivity index (χ0) is 57.1. The summed E-state index contributed by atoms with van der Waals surface area (Å²) in [4.78, 5) is 4.78. The maximum absolute atomic E-state index is 7.14. The first-order valence-electron chi connectivity index (χ1n) is 29.8. The van der Waals surface area contributed by atoms with Gasteiger partial charge in [0.05, 0.1) is 16.8 Å². The highest BCUT2D eigenvalue weighted by atomic mass is 16.3. The fourth-order valence-electron chi connectivity index (χ4n) is 15.0. The van der Waals surface area contributed by atoms with Crippen molar-refractivity contribution in [1.82, 2.24) is 0 Å². The van der Waals surface area contributed by atoms with Crippen LogP contribution in [0.3, 0.4) is 0 Å². The molecule has 2 aliphatic rings. The Morgan fingerprint density at radius 1 is 0.294 bits per heavy atom. The molecule has 2 aromatic heterocycles. The van der Waals surface area contributed by atoms with Gasteiger partial charge in [-0.25, -0.2) is 0 Å². The molecule has 0 bridgehead atoms. The van der Waals surface area contributed by atoms with Crippen LogP contribution in [0.2, 0.25) is 0 Å². The number of para-hydroxylation sites is 6. The van der Waals surface area contributed by atoms with Crippen LogP contribution in [0.25, 0.3) is 98.4 Å². The molecule has 0 radical (unpaired) electrons. The Morgan fingerprint density at radius 2 is 0.753 bits per heavy atom. The van der Waals surface area contributed by atoms with Crippen molar-refractivity contribution < 1.29 is 8.83 Å². The summed E-state index contributed by atoms with van der Waals surface area (Å²) in [6.07, 6.45) is 0. The second-order valence-electron chi connectivity index (χ2n) is 25.5. The van der Waals surface area contributed by atoms with Crippen LogP contribution >= 0.6 is 0 Å². The number of furan rings is 2. The standard InChI is InChI=1S/C81H60N2O2/c1-79(2,3)68-37-19-31-60-62-33-21-39-71(77(62)84-75(60)68)82(51-23-9-7-10-24-51)53-42-41-49-46-65-70(47-50(49)45-53)81(66-35-17-15-28-56(66)57-29-16-18-36-67(57)81)74-59-44-43-54(48-64(59)55-27-13-14-30-58(55)73(65)74)83(52-25-11-8-12-26-52)72-40-22-34-63-61-32-20-38-69(80(4,5)6)76(61)85-78(63)72/h7-48H,1-6H3. The minimum atomic E-state index is -0.653. The van der Waals surface area contributed by atoms with Crippen molar-refractivity contribution in [1.29, 1.82) is 0 Å². The lowest BCUT2D eigenvalue weighted by atomic mass is 9.69. The van der Waals surface area contributed by atoms with E-state index in [4.69, 9.17) is 8.83 Å². The first-order valence-corrected chi connectivity index (χ1v) is 29.8. The van der Waals surface area contributed by atoms with Crippen LogP contribution in [-0.2, 0) is 16.2 Å². The summed E-state index contributed by atoms with van der Waals surface area (Å²) in [6.45, 7) is 13.6. The van der Waals surface area contributed by atoms with Crippen LogP contribution in [0, 0.1) is 0 Å². The summed E-state index contributed by atoms with van der Waals surface area (Å²) < 4.78 is 14.2. The summed E-state index contributed by atoms with van der Waals surface area (Å²) in [5, 5.41) is 11.7. The van der Waals surface area contributed by atoms with E-state index in [9.17, 15) is 0 Å². The van der Waals surface area contributed by atoms with Gasteiger partial charge in [-0.1, -0.05) is 224 Å². The molecular formula is C81H60N2O2. The predicted molar refractivity (Wildman–Crippen MR) is 357 cm³/mol. The number of benzene rings is 13. The van der Waals surface area contributed by atoms with Crippen molar-refractivity contribution in [3.63, 3.8) is 0 Å². The number of fused-ring (bicyclic) bond motifs is 22. The Hall–Kier alpha value is -10.2. The van der Waals surface area contributed by atoms with Crippen molar-refractivity contribution in [2.24, 2.45) is 0 Å². The zero-order valence-electron chi connectivity index (χ0n) is 48.5. The van der Waals surface area contributed by atoms with E-state index in [1.807, 2.05) is 0 Å². The summed E-state index contributed by atoms with van der Waals surface area (Å²) in [5.74, 6) is 0. The third-order valence-electron chi connectivity index (χ3n) is 18.6. The molecule has 2 aliphatic carbocycles. The number of anilines is 6. The van der Waals surface area contributed by atoms with Crippen LogP contribution in [0.15, 0.2) is 264 Å². The molecule has 13 aromatic carbocycles. The van der Waals surface area contributed by atoms with Crippen molar-refractivity contribution in [2.75, 3.05) is 9.80 Å². The molecule has 0 aliphatic heterocycles. The fraction of sp³-hybridized carbons (Fsp3) is 0.111. The molecule has 0 amide bonds. The monoisotopic (exact) mass is 1090 g/mol. The largest absolute Gasteiger partial charge is 0.454 e. The lowest BCUT2D eigenvalue weighted by Gasteiger charge is -2.32. The van der Waals surface area contributed by atoms with Crippen molar-refractivity contribution in [2.45, 2.75) is 57.8 Å². The molecule has 15 aromatic rings. The Kier molecular flexibility index (Phi) is 10.4. The van der Waals surface area contributed by atoms with E-state index in [0.717, 1.165) is 78.0 Å². The van der Waals surface area contributed by atoms with Crippen LogP contribution in [0.1, 0.15) is 74.9 Å². The van der Waals surface area contributed by atoms with E-state index in [1.54, 1.807) is 0 Å². The molecule has 0 N–H and O–H groups in total. The minimum Gasteiger partial charge on any atom is -0.454 e. The van der Waals surface area contributed by atoms with Crippen molar-refractivity contribution in [3.8, 4) is 22.3 Å². The Morgan fingerprint density at radius 3 is 1.31 bits per heavy atom. The number of hydrogen-bond acceptors (Lipinski definition) is 4. The number of hydrogen-bond donors (Lipinski definition) is 0. The molecule has 4 nitrogen and oxygen atoms in total. The van der Waals surface area contributed by atoms with E-state index >= 15 is 0 Å². The van der Waals surface area contributed by atoms with Crippen LogP contribution < -0.4 is 9.80 Å². The molecule has 17 rings (SSSR count). The van der Waals surface area contributed by atoms with Crippen molar-refractivity contribution in [3.05, 3.63) is 288 Å². The molecule has 4 heteroatoms. The summed E-state index contributed by atoms with van der Waals surface area (Å²) >= 11 is 0. The normalized spacial score (nSPS) is 13.4. The van der Waals surface area contributed by atoms with Gasteiger partial charge in [-0.05, 0) is 160 Å². The molecule has 0 saturated heterocycles. The molecule has 0 saturated carbocycles. The molecule has 85 heavy (non-hydrogen) atoms. The molecular weight excluding hydrogens is 1030 g/mol. The average molecular weight is 1090 g/mol. The molecule has 0 atom stereocenters. The first-order chi connectivity index (χ1) is 41.4.